The zero-order valence-corrected chi connectivity index (χ0v) is 20.8. The molecule has 0 aliphatic carbocycles. The molecule has 1 aromatic heterocycles. The van der Waals surface area contributed by atoms with Crippen LogP contribution in [0.25, 0.3) is 10.9 Å². The number of carbonyl (C=O) groups excluding carboxylic acids is 1. The van der Waals surface area contributed by atoms with Crippen LogP contribution in [0.5, 0.6) is 0 Å². The SMILES string of the molecule is N#Cc1c(N2CCN(C(=O)c3ccc(Cl)c(Cl)c3)CC2)c2ccccc2n(Cc2ccccc2)c1=O. The minimum atomic E-state index is -0.315. The van der Waals surface area contributed by atoms with E-state index in [4.69, 9.17) is 23.2 Å². The number of carbonyl (C=O) groups is 1. The summed E-state index contributed by atoms with van der Waals surface area (Å²) in [7, 11) is 0. The first-order valence-electron chi connectivity index (χ1n) is 11.6. The van der Waals surface area contributed by atoms with Crippen molar-refractivity contribution in [2.75, 3.05) is 31.1 Å². The summed E-state index contributed by atoms with van der Waals surface area (Å²) in [5.74, 6) is -0.128. The second-order valence-corrected chi connectivity index (χ2v) is 9.45. The van der Waals surface area contributed by atoms with Gasteiger partial charge in [-0.2, -0.15) is 5.26 Å². The Bertz CT molecular complexity index is 1550. The van der Waals surface area contributed by atoms with Crippen LogP contribution < -0.4 is 10.5 Å². The molecule has 0 bridgehead atoms. The lowest BCUT2D eigenvalue weighted by molar-refractivity contribution is 0.0747. The van der Waals surface area contributed by atoms with E-state index in [9.17, 15) is 14.9 Å². The number of halogens is 2. The van der Waals surface area contributed by atoms with E-state index < -0.39 is 0 Å². The van der Waals surface area contributed by atoms with Gasteiger partial charge in [0.25, 0.3) is 11.5 Å². The van der Waals surface area contributed by atoms with Crippen molar-refractivity contribution in [2.24, 2.45) is 0 Å². The molecule has 5 rings (SSSR count). The third-order valence-corrected chi connectivity index (χ3v) is 7.23. The van der Waals surface area contributed by atoms with Crippen molar-refractivity contribution in [3.63, 3.8) is 0 Å². The van der Waals surface area contributed by atoms with Gasteiger partial charge in [0.2, 0.25) is 0 Å². The Morgan fingerprint density at radius 3 is 2.28 bits per heavy atom. The Kier molecular flexibility index (Phi) is 6.69. The molecule has 0 N–H and O–H groups in total. The first-order chi connectivity index (χ1) is 17.5. The lowest BCUT2D eigenvalue weighted by atomic mass is 10.1. The monoisotopic (exact) mass is 516 g/mol. The second-order valence-electron chi connectivity index (χ2n) is 8.64. The van der Waals surface area contributed by atoms with Gasteiger partial charge in [0, 0.05) is 37.1 Å². The van der Waals surface area contributed by atoms with E-state index in [2.05, 4.69) is 6.07 Å². The number of nitriles is 1. The highest BCUT2D eigenvalue weighted by Gasteiger charge is 2.27. The van der Waals surface area contributed by atoms with E-state index in [0.717, 1.165) is 16.5 Å². The lowest BCUT2D eigenvalue weighted by Crippen LogP contribution is -2.49. The van der Waals surface area contributed by atoms with Gasteiger partial charge in [-0.25, -0.2) is 0 Å². The fourth-order valence-electron chi connectivity index (χ4n) is 4.69. The van der Waals surface area contributed by atoms with Gasteiger partial charge in [-0.05, 0) is 29.8 Å². The molecule has 4 aromatic rings. The summed E-state index contributed by atoms with van der Waals surface area (Å²) in [5.41, 5.74) is 2.66. The van der Waals surface area contributed by atoms with Crippen molar-refractivity contribution in [3.05, 3.63) is 110 Å². The minimum absolute atomic E-state index is 0.119. The molecule has 0 unspecified atom stereocenters. The number of benzene rings is 3. The predicted molar refractivity (Wildman–Crippen MR) is 143 cm³/mol. The summed E-state index contributed by atoms with van der Waals surface area (Å²) >= 11 is 12.1. The number of anilines is 1. The van der Waals surface area contributed by atoms with Gasteiger partial charge in [-0.15, -0.1) is 0 Å². The highest BCUT2D eigenvalue weighted by molar-refractivity contribution is 6.42. The van der Waals surface area contributed by atoms with Crippen LogP contribution in [0, 0.1) is 11.3 Å². The summed E-state index contributed by atoms with van der Waals surface area (Å²) in [6.07, 6.45) is 0. The molecule has 0 spiro atoms. The molecule has 6 nitrogen and oxygen atoms in total. The van der Waals surface area contributed by atoms with Crippen LogP contribution in [0.2, 0.25) is 10.0 Å². The van der Waals surface area contributed by atoms with E-state index in [1.165, 1.54) is 0 Å². The molecule has 0 atom stereocenters. The van der Waals surface area contributed by atoms with Crippen LogP contribution in [0.3, 0.4) is 0 Å². The molecule has 1 amide bonds. The number of nitrogens with zero attached hydrogens (tertiary/aromatic N) is 4. The maximum Gasteiger partial charge on any atom is 0.271 e. The second kappa shape index (κ2) is 10.1. The van der Waals surface area contributed by atoms with Gasteiger partial charge in [0.05, 0.1) is 27.8 Å². The van der Waals surface area contributed by atoms with Gasteiger partial charge >= 0.3 is 0 Å². The van der Waals surface area contributed by atoms with Gasteiger partial charge in [-0.1, -0.05) is 71.7 Å². The Hall–Kier alpha value is -3.79. The smallest absolute Gasteiger partial charge is 0.271 e. The molecule has 8 heteroatoms. The third-order valence-electron chi connectivity index (χ3n) is 6.49. The number of rotatable bonds is 4. The van der Waals surface area contributed by atoms with E-state index >= 15 is 0 Å². The Morgan fingerprint density at radius 2 is 1.58 bits per heavy atom. The molecule has 1 aliphatic rings. The molecular weight excluding hydrogens is 495 g/mol. The van der Waals surface area contributed by atoms with Crippen LogP contribution in [-0.4, -0.2) is 41.6 Å². The van der Waals surface area contributed by atoms with Crippen molar-refractivity contribution in [1.82, 2.24) is 9.47 Å². The predicted octanol–water partition coefficient (Wildman–Crippen LogP) is 5.19. The average molecular weight is 517 g/mol. The Balaban J connectivity index is 1.47. The molecule has 1 fully saturated rings. The average Bonchev–Trinajstić information content (AvgIpc) is 2.92. The Labute approximate surface area is 218 Å². The van der Waals surface area contributed by atoms with Gasteiger partial charge in [-0.3, -0.25) is 9.59 Å². The molecule has 36 heavy (non-hydrogen) atoms. The van der Waals surface area contributed by atoms with Gasteiger partial charge in [0.15, 0.2) is 0 Å². The highest BCUT2D eigenvalue weighted by atomic mass is 35.5. The van der Waals surface area contributed by atoms with E-state index in [-0.39, 0.29) is 17.0 Å². The Morgan fingerprint density at radius 1 is 0.889 bits per heavy atom. The standard InChI is InChI=1S/C28H22Cl2N4O2/c29-23-11-10-20(16-24(23)30)27(35)33-14-12-32(13-15-33)26-21-8-4-5-9-25(21)34(28(36)22(26)17-31)18-19-6-2-1-3-7-19/h1-11,16H,12-15,18H2. The molecule has 3 aromatic carbocycles. The van der Waals surface area contributed by atoms with Crippen LogP contribution in [-0.2, 0) is 6.54 Å². The topological polar surface area (TPSA) is 69.3 Å². The normalized spacial score (nSPS) is 13.6. The summed E-state index contributed by atoms with van der Waals surface area (Å²) in [5, 5.41) is 11.6. The molecule has 2 heterocycles. The maximum absolute atomic E-state index is 13.5. The number of pyridine rings is 1. The third kappa shape index (κ3) is 4.44. The fourth-order valence-corrected chi connectivity index (χ4v) is 4.98. The van der Waals surface area contributed by atoms with Crippen molar-refractivity contribution in [2.45, 2.75) is 6.54 Å². The fraction of sp³-hybridized carbons (Fsp3) is 0.179. The molecule has 1 aliphatic heterocycles. The maximum atomic E-state index is 13.5. The summed E-state index contributed by atoms with van der Waals surface area (Å²) in [6.45, 7) is 2.26. The molecule has 180 valence electrons. The number of hydrogen-bond acceptors (Lipinski definition) is 4. The van der Waals surface area contributed by atoms with Crippen molar-refractivity contribution in [1.29, 1.82) is 5.26 Å². The molecule has 1 saturated heterocycles. The van der Waals surface area contributed by atoms with Gasteiger partial charge in [0.1, 0.15) is 11.6 Å². The van der Waals surface area contributed by atoms with Crippen LogP contribution in [0.1, 0.15) is 21.5 Å². The number of piperazine rings is 1. The summed E-state index contributed by atoms with van der Waals surface area (Å²) in [6, 6.07) is 24.4. The van der Waals surface area contributed by atoms with Crippen LogP contribution >= 0.6 is 23.2 Å². The number of fused-ring (bicyclic) bond motifs is 1. The minimum Gasteiger partial charge on any atom is -0.366 e. The van der Waals surface area contributed by atoms with Gasteiger partial charge < -0.3 is 14.4 Å². The number of hydrogen-bond donors (Lipinski definition) is 0. The number of para-hydroxylation sites is 1. The molecule has 0 radical (unpaired) electrons. The first kappa shape index (κ1) is 23.9. The van der Waals surface area contributed by atoms with Crippen molar-refractivity contribution < 1.29 is 4.79 Å². The molecule has 0 saturated carbocycles. The largest absolute Gasteiger partial charge is 0.366 e. The van der Waals surface area contributed by atoms with Crippen LogP contribution in [0.4, 0.5) is 5.69 Å². The number of amides is 1. The van der Waals surface area contributed by atoms with E-state index in [1.807, 2.05) is 59.5 Å². The summed E-state index contributed by atoms with van der Waals surface area (Å²) < 4.78 is 1.66. The zero-order valence-electron chi connectivity index (χ0n) is 19.3. The zero-order chi connectivity index (χ0) is 25.2. The highest BCUT2D eigenvalue weighted by Crippen LogP contribution is 2.30. The van der Waals surface area contributed by atoms with Crippen LogP contribution in [0.15, 0.2) is 77.6 Å². The lowest BCUT2D eigenvalue weighted by Gasteiger charge is -2.37. The summed E-state index contributed by atoms with van der Waals surface area (Å²) in [4.78, 5) is 30.3. The van der Waals surface area contributed by atoms with E-state index in [0.29, 0.717) is 54.0 Å². The van der Waals surface area contributed by atoms with Crippen molar-refractivity contribution >= 4 is 45.7 Å². The van der Waals surface area contributed by atoms with Crippen molar-refractivity contribution in [3.8, 4) is 6.07 Å². The quantitative estimate of drug-likeness (QED) is 0.374. The van der Waals surface area contributed by atoms with E-state index in [1.54, 1.807) is 27.7 Å². The number of aromatic nitrogens is 1. The molecular formula is C28H22Cl2N4O2. The first-order valence-corrected chi connectivity index (χ1v) is 12.3.